The number of ether oxygens (including phenoxy) is 3. The van der Waals surface area contributed by atoms with E-state index in [0.29, 0.717) is 13.2 Å². The molecule has 0 aliphatic rings. The minimum atomic E-state index is -0.502. The van der Waals surface area contributed by atoms with Crippen LogP contribution in [0.2, 0.25) is 0 Å². The molecule has 0 bridgehead atoms. The van der Waals surface area contributed by atoms with Crippen molar-refractivity contribution in [1.29, 1.82) is 0 Å². The first-order valence-electron chi connectivity index (χ1n) is 6.63. The van der Waals surface area contributed by atoms with Crippen LogP contribution in [-0.4, -0.2) is 38.4 Å². The second kappa shape index (κ2) is 8.04. The van der Waals surface area contributed by atoms with Gasteiger partial charge in [0.15, 0.2) is 0 Å². The quantitative estimate of drug-likeness (QED) is 0.389. The molecule has 0 saturated carbocycles. The molecule has 0 spiro atoms. The summed E-state index contributed by atoms with van der Waals surface area (Å²) in [6.07, 6.45) is 1.13. The van der Waals surface area contributed by atoms with Crippen molar-refractivity contribution in [1.82, 2.24) is 0 Å². The first kappa shape index (κ1) is 18.6. The van der Waals surface area contributed by atoms with Gasteiger partial charge in [0.1, 0.15) is 6.61 Å². The van der Waals surface area contributed by atoms with Gasteiger partial charge in [-0.1, -0.05) is 20.4 Å². The Morgan fingerprint density at radius 1 is 1.00 bits per heavy atom. The van der Waals surface area contributed by atoms with Gasteiger partial charge in [-0.3, -0.25) is 4.79 Å². The number of esters is 2. The van der Waals surface area contributed by atoms with Crippen molar-refractivity contribution in [2.75, 3.05) is 26.4 Å². The van der Waals surface area contributed by atoms with Crippen LogP contribution in [0.4, 0.5) is 0 Å². The van der Waals surface area contributed by atoms with E-state index in [4.69, 9.17) is 14.2 Å². The third-order valence-electron chi connectivity index (χ3n) is 2.34. The Labute approximate surface area is 121 Å². The zero-order chi connectivity index (χ0) is 15.8. The van der Waals surface area contributed by atoms with Gasteiger partial charge in [0.25, 0.3) is 0 Å². The van der Waals surface area contributed by atoms with E-state index in [2.05, 4.69) is 6.58 Å². The standard InChI is InChI=1S/C15H26O5/c1-7-12(16)20-11-15(5,6)10-18-8-9-19-13(17)14(2,3)4/h7H,1,8-11H2,2-6H3. The molecule has 0 heterocycles. The van der Waals surface area contributed by atoms with E-state index in [-0.39, 0.29) is 24.6 Å². The highest BCUT2D eigenvalue weighted by molar-refractivity contribution is 5.81. The topological polar surface area (TPSA) is 61.8 Å². The summed E-state index contributed by atoms with van der Waals surface area (Å²) < 4.78 is 15.5. The lowest BCUT2D eigenvalue weighted by Crippen LogP contribution is -2.28. The molecule has 0 radical (unpaired) electrons. The molecule has 0 atom stereocenters. The minimum absolute atomic E-state index is 0.221. The first-order chi connectivity index (χ1) is 9.08. The second-order valence-corrected chi connectivity index (χ2v) is 6.41. The van der Waals surface area contributed by atoms with Gasteiger partial charge in [-0.25, -0.2) is 4.79 Å². The third-order valence-corrected chi connectivity index (χ3v) is 2.34. The molecular weight excluding hydrogens is 260 g/mol. The fourth-order valence-corrected chi connectivity index (χ4v) is 1.13. The third kappa shape index (κ3) is 8.69. The number of carbonyl (C=O) groups excluding carboxylic acids is 2. The van der Waals surface area contributed by atoms with Crippen LogP contribution in [0.15, 0.2) is 12.7 Å². The molecule has 0 aromatic rings. The van der Waals surface area contributed by atoms with Gasteiger partial charge in [-0.05, 0) is 20.8 Å². The normalized spacial score (nSPS) is 11.8. The molecule has 5 heteroatoms. The predicted octanol–water partition coefficient (Wildman–Crippen LogP) is 2.35. The van der Waals surface area contributed by atoms with Crippen molar-refractivity contribution >= 4 is 11.9 Å². The lowest BCUT2D eigenvalue weighted by molar-refractivity contribution is -0.155. The highest BCUT2D eigenvalue weighted by Gasteiger charge is 2.23. The zero-order valence-electron chi connectivity index (χ0n) is 13.2. The Hall–Kier alpha value is -1.36. The molecule has 0 rings (SSSR count). The Morgan fingerprint density at radius 3 is 2.10 bits per heavy atom. The molecule has 0 aromatic heterocycles. The maximum absolute atomic E-state index is 11.5. The number of hydrogen-bond donors (Lipinski definition) is 0. The molecule has 0 amide bonds. The fourth-order valence-electron chi connectivity index (χ4n) is 1.13. The molecule has 116 valence electrons. The van der Waals surface area contributed by atoms with Crippen molar-refractivity contribution in [2.24, 2.45) is 10.8 Å². The van der Waals surface area contributed by atoms with E-state index in [9.17, 15) is 9.59 Å². The Bertz CT molecular complexity index is 339. The average molecular weight is 286 g/mol. The Balaban J connectivity index is 3.80. The van der Waals surface area contributed by atoms with Crippen molar-refractivity contribution < 1.29 is 23.8 Å². The van der Waals surface area contributed by atoms with Crippen LogP contribution in [0.25, 0.3) is 0 Å². The second-order valence-electron chi connectivity index (χ2n) is 6.41. The van der Waals surface area contributed by atoms with Crippen LogP contribution in [0.3, 0.4) is 0 Å². The van der Waals surface area contributed by atoms with E-state index < -0.39 is 11.4 Å². The van der Waals surface area contributed by atoms with Crippen LogP contribution in [0.1, 0.15) is 34.6 Å². The molecule has 0 unspecified atom stereocenters. The van der Waals surface area contributed by atoms with Gasteiger partial charge >= 0.3 is 11.9 Å². The number of carbonyl (C=O) groups is 2. The lowest BCUT2D eigenvalue weighted by atomic mass is 9.96. The largest absolute Gasteiger partial charge is 0.463 e. The van der Waals surface area contributed by atoms with Crippen LogP contribution in [0.5, 0.6) is 0 Å². The minimum Gasteiger partial charge on any atom is -0.463 e. The Morgan fingerprint density at radius 2 is 1.60 bits per heavy atom. The predicted molar refractivity (Wildman–Crippen MR) is 76.2 cm³/mol. The monoisotopic (exact) mass is 286 g/mol. The average Bonchev–Trinajstić information content (AvgIpc) is 2.34. The SMILES string of the molecule is C=CC(=O)OCC(C)(C)COCCOC(=O)C(C)(C)C. The number of hydrogen-bond acceptors (Lipinski definition) is 5. The summed E-state index contributed by atoms with van der Waals surface area (Å²) in [5.74, 6) is -0.697. The molecular formula is C15H26O5. The van der Waals surface area contributed by atoms with Gasteiger partial charge in [0.05, 0.1) is 25.2 Å². The van der Waals surface area contributed by atoms with E-state index in [1.807, 2.05) is 13.8 Å². The summed E-state index contributed by atoms with van der Waals surface area (Å²) in [6.45, 7) is 13.8. The van der Waals surface area contributed by atoms with Crippen LogP contribution in [0, 0.1) is 10.8 Å². The zero-order valence-corrected chi connectivity index (χ0v) is 13.2. The molecule has 5 nitrogen and oxygen atoms in total. The van der Waals surface area contributed by atoms with Crippen LogP contribution >= 0.6 is 0 Å². The maximum Gasteiger partial charge on any atom is 0.330 e. The van der Waals surface area contributed by atoms with Crippen molar-refractivity contribution in [3.05, 3.63) is 12.7 Å². The summed E-state index contributed by atoms with van der Waals surface area (Å²) in [6, 6.07) is 0. The van der Waals surface area contributed by atoms with Gasteiger partial charge < -0.3 is 14.2 Å². The summed E-state index contributed by atoms with van der Waals surface area (Å²) in [4.78, 5) is 22.5. The number of rotatable bonds is 8. The first-order valence-corrected chi connectivity index (χ1v) is 6.63. The Kier molecular flexibility index (Phi) is 7.50. The summed E-state index contributed by atoms with van der Waals surface area (Å²) in [7, 11) is 0. The van der Waals surface area contributed by atoms with Crippen molar-refractivity contribution in [3.63, 3.8) is 0 Å². The molecule has 0 aliphatic carbocycles. The molecule has 0 N–H and O–H groups in total. The maximum atomic E-state index is 11.5. The summed E-state index contributed by atoms with van der Waals surface area (Å²) in [5, 5.41) is 0. The summed E-state index contributed by atoms with van der Waals surface area (Å²) >= 11 is 0. The smallest absolute Gasteiger partial charge is 0.330 e. The van der Waals surface area contributed by atoms with Gasteiger partial charge in [-0.2, -0.15) is 0 Å². The fraction of sp³-hybridized carbons (Fsp3) is 0.733. The molecule has 0 aromatic carbocycles. The van der Waals surface area contributed by atoms with Crippen molar-refractivity contribution in [3.8, 4) is 0 Å². The van der Waals surface area contributed by atoms with E-state index in [1.54, 1.807) is 20.8 Å². The van der Waals surface area contributed by atoms with Crippen LogP contribution in [-0.2, 0) is 23.8 Å². The lowest BCUT2D eigenvalue weighted by Gasteiger charge is -2.23. The molecule has 0 fully saturated rings. The summed E-state index contributed by atoms with van der Waals surface area (Å²) in [5.41, 5.74) is -0.801. The molecule has 0 saturated heterocycles. The van der Waals surface area contributed by atoms with E-state index in [1.165, 1.54) is 0 Å². The van der Waals surface area contributed by atoms with E-state index >= 15 is 0 Å². The van der Waals surface area contributed by atoms with Gasteiger partial charge in [0.2, 0.25) is 0 Å². The van der Waals surface area contributed by atoms with E-state index in [0.717, 1.165) is 6.08 Å². The highest BCUT2D eigenvalue weighted by atomic mass is 16.6. The molecule has 0 aliphatic heterocycles. The van der Waals surface area contributed by atoms with Crippen molar-refractivity contribution in [2.45, 2.75) is 34.6 Å². The highest BCUT2D eigenvalue weighted by Crippen LogP contribution is 2.17. The molecule has 20 heavy (non-hydrogen) atoms. The van der Waals surface area contributed by atoms with Crippen LogP contribution < -0.4 is 0 Å². The van der Waals surface area contributed by atoms with Gasteiger partial charge in [-0.15, -0.1) is 0 Å². The van der Waals surface area contributed by atoms with Gasteiger partial charge in [0, 0.05) is 11.5 Å².